The van der Waals surface area contributed by atoms with Crippen molar-refractivity contribution in [3.05, 3.63) is 100 Å². The number of sulfone groups is 1. The molecule has 0 spiro atoms. The number of hydrogen-bond acceptors (Lipinski definition) is 4. The zero-order valence-corrected chi connectivity index (χ0v) is 19.8. The van der Waals surface area contributed by atoms with Gasteiger partial charge in [-0.3, -0.25) is 4.79 Å². The number of hydrogen-bond donors (Lipinski definition) is 0. The van der Waals surface area contributed by atoms with E-state index in [4.69, 9.17) is 4.74 Å². The van der Waals surface area contributed by atoms with Crippen molar-refractivity contribution >= 4 is 20.7 Å². The first-order valence-corrected chi connectivity index (χ1v) is 12.5. The Morgan fingerprint density at radius 2 is 1.64 bits per heavy atom. The molecule has 33 heavy (non-hydrogen) atoms. The van der Waals surface area contributed by atoms with Crippen LogP contribution in [0.25, 0.3) is 10.9 Å². The van der Waals surface area contributed by atoms with Crippen molar-refractivity contribution in [1.29, 1.82) is 0 Å². The van der Waals surface area contributed by atoms with Gasteiger partial charge in [-0.25, -0.2) is 8.42 Å². The highest BCUT2D eigenvalue weighted by Crippen LogP contribution is 2.26. The van der Waals surface area contributed by atoms with Gasteiger partial charge in [0.25, 0.3) is 0 Å². The average molecular weight is 462 g/mol. The molecule has 0 bridgehead atoms. The third-order valence-electron chi connectivity index (χ3n) is 5.67. The Kier molecular flexibility index (Phi) is 6.38. The maximum atomic E-state index is 13.6. The van der Waals surface area contributed by atoms with Crippen LogP contribution in [0, 0.1) is 0 Å². The van der Waals surface area contributed by atoms with Gasteiger partial charge in [-0.2, -0.15) is 0 Å². The van der Waals surface area contributed by atoms with Gasteiger partial charge in [0.05, 0.1) is 22.4 Å². The Bertz CT molecular complexity index is 1440. The lowest BCUT2D eigenvalue weighted by Crippen LogP contribution is -2.20. The second-order valence-electron chi connectivity index (χ2n) is 8.28. The molecule has 3 aromatic carbocycles. The summed E-state index contributed by atoms with van der Waals surface area (Å²) in [5.74, 6) is 0.812. The van der Waals surface area contributed by atoms with Crippen LogP contribution >= 0.6 is 0 Å². The van der Waals surface area contributed by atoms with Crippen molar-refractivity contribution < 1.29 is 13.2 Å². The smallest absolute Gasteiger partial charge is 0.211 e. The van der Waals surface area contributed by atoms with Crippen LogP contribution < -0.4 is 10.2 Å². The van der Waals surface area contributed by atoms with Gasteiger partial charge in [-0.05, 0) is 54.3 Å². The fraction of sp³-hybridized carbons (Fsp3) is 0.222. The first-order chi connectivity index (χ1) is 15.8. The summed E-state index contributed by atoms with van der Waals surface area (Å²) in [6.45, 7) is 6.83. The highest BCUT2D eigenvalue weighted by Gasteiger charge is 2.24. The van der Waals surface area contributed by atoms with Gasteiger partial charge in [0, 0.05) is 12.7 Å². The van der Waals surface area contributed by atoms with Gasteiger partial charge in [0.2, 0.25) is 15.3 Å². The van der Waals surface area contributed by atoms with Crippen molar-refractivity contribution in [1.82, 2.24) is 4.57 Å². The fourth-order valence-electron chi connectivity index (χ4n) is 3.87. The quantitative estimate of drug-likeness (QED) is 0.369. The summed E-state index contributed by atoms with van der Waals surface area (Å²) in [6, 6.07) is 21.7. The molecule has 4 aromatic rings. The van der Waals surface area contributed by atoms with Crippen molar-refractivity contribution in [2.24, 2.45) is 0 Å². The monoisotopic (exact) mass is 461 g/mol. The number of nitrogens with zero attached hydrogens (tertiary/aromatic N) is 1. The predicted molar refractivity (Wildman–Crippen MR) is 131 cm³/mol. The van der Waals surface area contributed by atoms with Crippen molar-refractivity contribution in [2.75, 3.05) is 6.61 Å². The molecule has 1 aromatic heterocycles. The van der Waals surface area contributed by atoms with Gasteiger partial charge in [-0.1, -0.05) is 56.3 Å². The number of pyridine rings is 1. The minimum Gasteiger partial charge on any atom is -0.494 e. The summed E-state index contributed by atoms with van der Waals surface area (Å²) < 4.78 is 34.5. The zero-order chi connectivity index (χ0) is 23.6. The second kappa shape index (κ2) is 9.24. The summed E-state index contributed by atoms with van der Waals surface area (Å²) >= 11 is 0. The summed E-state index contributed by atoms with van der Waals surface area (Å²) in [7, 11) is -4.02. The summed E-state index contributed by atoms with van der Waals surface area (Å²) in [6.07, 6.45) is 1.46. The molecule has 5 nitrogen and oxygen atoms in total. The van der Waals surface area contributed by atoms with E-state index in [0.717, 1.165) is 11.1 Å². The van der Waals surface area contributed by atoms with E-state index in [1.54, 1.807) is 42.5 Å². The average Bonchev–Trinajstić information content (AvgIpc) is 2.81. The van der Waals surface area contributed by atoms with Gasteiger partial charge in [0.15, 0.2) is 0 Å². The molecular weight excluding hydrogens is 434 g/mol. The maximum absolute atomic E-state index is 13.6. The fourth-order valence-corrected chi connectivity index (χ4v) is 5.24. The lowest BCUT2D eigenvalue weighted by Gasteiger charge is -2.15. The van der Waals surface area contributed by atoms with Crippen LogP contribution in [0.2, 0.25) is 0 Å². The van der Waals surface area contributed by atoms with E-state index in [0.29, 0.717) is 29.8 Å². The van der Waals surface area contributed by atoms with Crippen LogP contribution in [0.3, 0.4) is 0 Å². The number of rotatable bonds is 7. The third-order valence-corrected chi connectivity index (χ3v) is 7.43. The standard InChI is InChI=1S/C27H27NO4S/c1-4-32-22-12-15-25-24(16-22)27(29)26(18-28(25)17-20-8-6-5-7-9-20)33(30,31)23-13-10-21(11-14-23)19(2)3/h5-16,18-19H,4,17H2,1-3H3. The van der Waals surface area contributed by atoms with Crippen LogP contribution in [0.5, 0.6) is 5.75 Å². The summed E-state index contributed by atoms with van der Waals surface area (Å²) in [5.41, 5.74) is 2.17. The topological polar surface area (TPSA) is 65.4 Å². The van der Waals surface area contributed by atoms with E-state index in [-0.39, 0.29) is 15.7 Å². The molecule has 0 aliphatic carbocycles. The molecule has 0 amide bonds. The third kappa shape index (κ3) is 4.57. The van der Waals surface area contributed by atoms with Gasteiger partial charge < -0.3 is 9.30 Å². The molecule has 0 atom stereocenters. The zero-order valence-electron chi connectivity index (χ0n) is 19.0. The SMILES string of the molecule is CCOc1ccc2c(c1)c(=O)c(S(=O)(=O)c1ccc(C(C)C)cc1)cn2Cc1ccccc1. The van der Waals surface area contributed by atoms with Crippen LogP contribution in [-0.4, -0.2) is 19.6 Å². The Balaban J connectivity index is 1.93. The minimum absolute atomic E-state index is 0.107. The van der Waals surface area contributed by atoms with Crippen molar-refractivity contribution in [2.45, 2.75) is 43.0 Å². The minimum atomic E-state index is -4.02. The molecule has 170 valence electrons. The Labute approximate surface area is 194 Å². The van der Waals surface area contributed by atoms with E-state index < -0.39 is 15.3 Å². The summed E-state index contributed by atoms with van der Waals surface area (Å²) in [4.78, 5) is 13.3. The van der Waals surface area contributed by atoms with Gasteiger partial charge in [-0.15, -0.1) is 0 Å². The first-order valence-electron chi connectivity index (χ1n) is 11.0. The molecule has 0 saturated heterocycles. The number of fused-ring (bicyclic) bond motifs is 1. The molecule has 1 heterocycles. The van der Waals surface area contributed by atoms with E-state index >= 15 is 0 Å². The molecule has 0 radical (unpaired) electrons. The number of ether oxygens (including phenoxy) is 1. The highest BCUT2D eigenvalue weighted by molar-refractivity contribution is 7.91. The Hall–Kier alpha value is -3.38. The van der Waals surface area contributed by atoms with Crippen LogP contribution in [0.1, 0.15) is 37.8 Å². The number of aromatic nitrogens is 1. The molecule has 0 aliphatic heterocycles. The first kappa shape index (κ1) is 22.8. The molecule has 0 aliphatic rings. The lowest BCUT2D eigenvalue weighted by molar-refractivity contribution is 0.340. The molecule has 0 saturated carbocycles. The van der Waals surface area contributed by atoms with E-state index in [1.165, 1.54) is 6.20 Å². The summed E-state index contributed by atoms with van der Waals surface area (Å²) in [5, 5.41) is 0.316. The number of benzene rings is 3. The largest absolute Gasteiger partial charge is 0.494 e. The maximum Gasteiger partial charge on any atom is 0.211 e. The molecule has 6 heteroatoms. The lowest BCUT2D eigenvalue weighted by atomic mass is 10.0. The molecule has 0 unspecified atom stereocenters. The van der Waals surface area contributed by atoms with Crippen LogP contribution in [0.15, 0.2) is 93.6 Å². The highest BCUT2D eigenvalue weighted by atomic mass is 32.2. The second-order valence-corrected chi connectivity index (χ2v) is 10.2. The molecular formula is C27H27NO4S. The van der Waals surface area contributed by atoms with Crippen molar-refractivity contribution in [3.63, 3.8) is 0 Å². The molecule has 0 fully saturated rings. The Morgan fingerprint density at radius 3 is 2.27 bits per heavy atom. The van der Waals surface area contributed by atoms with E-state index in [9.17, 15) is 13.2 Å². The predicted octanol–water partition coefficient (Wildman–Crippen LogP) is 5.40. The molecule has 0 N–H and O–H groups in total. The molecule has 4 rings (SSSR count). The van der Waals surface area contributed by atoms with Gasteiger partial charge in [0.1, 0.15) is 10.6 Å². The van der Waals surface area contributed by atoms with E-state index in [1.807, 2.05) is 55.7 Å². The Morgan fingerprint density at radius 1 is 0.939 bits per heavy atom. The van der Waals surface area contributed by atoms with E-state index in [2.05, 4.69) is 0 Å². The van der Waals surface area contributed by atoms with Crippen LogP contribution in [0.4, 0.5) is 0 Å². The van der Waals surface area contributed by atoms with Crippen molar-refractivity contribution in [3.8, 4) is 5.75 Å². The van der Waals surface area contributed by atoms with Crippen LogP contribution in [-0.2, 0) is 16.4 Å². The van der Waals surface area contributed by atoms with Gasteiger partial charge >= 0.3 is 0 Å². The normalized spacial score (nSPS) is 11.8.